The van der Waals surface area contributed by atoms with Crippen molar-refractivity contribution >= 4 is 17.8 Å². The Kier molecular flexibility index (Phi) is 8.28. The molecule has 144 valence electrons. The summed E-state index contributed by atoms with van der Waals surface area (Å²) in [7, 11) is 1.49. The number of rotatable bonds is 10. The summed E-state index contributed by atoms with van der Waals surface area (Å²) in [6.45, 7) is 0.0939. The van der Waals surface area contributed by atoms with Crippen molar-refractivity contribution in [3.63, 3.8) is 0 Å². The first-order valence-electron chi connectivity index (χ1n) is 8.75. The van der Waals surface area contributed by atoms with E-state index in [2.05, 4.69) is 0 Å². The Morgan fingerprint density at radius 3 is 2.61 bits per heavy atom. The zero-order valence-electron chi connectivity index (χ0n) is 15.6. The lowest BCUT2D eigenvalue weighted by atomic mass is 10.1. The van der Waals surface area contributed by atoms with Crippen LogP contribution in [0.25, 0.3) is 6.08 Å². The number of hydrogen-bond donors (Lipinski definition) is 0. The van der Waals surface area contributed by atoms with E-state index in [0.717, 1.165) is 5.56 Å². The van der Waals surface area contributed by atoms with Crippen molar-refractivity contribution in [3.05, 3.63) is 65.7 Å². The molecule has 0 aromatic heterocycles. The van der Waals surface area contributed by atoms with Gasteiger partial charge in [0.2, 0.25) is 0 Å². The average molecular weight is 379 g/mol. The highest BCUT2D eigenvalue weighted by Gasteiger charge is 2.07. The van der Waals surface area contributed by atoms with Crippen molar-refractivity contribution < 1.29 is 23.8 Å². The molecule has 0 fully saturated rings. The first-order chi connectivity index (χ1) is 13.6. The Morgan fingerprint density at radius 2 is 1.89 bits per heavy atom. The number of methoxy groups -OCH3 is 1. The van der Waals surface area contributed by atoms with E-state index in [1.807, 2.05) is 24.3 Å². The molecular formula is C22H21NO5. The van der Waals surface area contributed by atoms with Gasteiger partial charge in [0.15, 0.2) is 23.9 Å². The molecule has 0 N–H and O–H groups in total. The van der Waals surface area contributed by atoms with Gasteiger partial charge >= 0.3 is 5.97 Å². The lowest BCUT2D eigenvalue weighted by Crippen LogP contribution is -2.05. The molecule has 6 heteroatoms. The van der Waals surface area contributed by atoms with E-state index < -0.39 is 5.97 Å². The zero-order valence-corrected chi connectivity index (χ0v) is 15.6. The number of carbonyl (C=O) groups excluding carboxylic acids is 2. The third-order valence-corrected chi connectivity index (χ3v) is 3.78. The van der Waals surface area contributed by atoms with E-state index >= 15 is 0 Å². The SMILES string of the molecule is COc1cc(C=CC(=O)OCCCC(=O)c2ccccc2)ccc1OCC#N. The minimum Gasteiger partial charge on any atom is -0.493 e. The molecule has 0 atom stereocenters. The fourth-order valence-electron chi connectivity index (χ4n) is 2.40. The van der Waals surface area contributed by atoms with Gasteiger partial charge in [-0.2, -0.15) is 5.26 Å². The summed E-state index contributed by atoms with van der Waals surface area (Å²) >= 11 is 0. The van der Waals surface area contributed by atoms with E-state index in [4.69, 9.17) is 19.5 Å². The van der Waals surface area contributed by atoms with Gasteiger partial charge in [-0.05, 0) is 30.2 Å². The third-order valence-electron chi connectivity index (χ3n) is 3.78. The van der Waals surface area contributed by atoms with Crippen molar-refractivity contribution in [3.8, 4) is 17.6 Å². The van der Waals surface area contributed by atoms with Gasteiger partial charge in [-0.25, -0.2) is 4.79 Å². The predicted octanol–water partition coefficient (Wildman–Crippen LogP) is 3.82. The van der Waals surface area contributed by atoms with Crippen LogP contribution in [0, 0.1) is 11.3 Å². The minimum absolute atomic E-state index is 0.0259. The first kappa shape index (κ1) is 20.7. The summed E-state index contributed by atoms with van der Waals surface area (Å²) in [6, 6.07) is 16.0. The predicted molar refractivity (Wildman–Crippen MR) is 104 cm³/mol. The standard InChI is InChI=1S/C22H21NO5/c1-26-21-16-17(9-11-20(21)27-15-13-23)10-12-22(25)28-14-5-8-19(24)18-6-3-2-4-7-18/h2-4,6-7,9-12,16H,5,8,14-15H2,1H3. The van der Waals surface area contributed by atoms with Crippen molar-refractivity contribution in [2.24, 2.45) is 0 Å². The third kappa shape index (κ3) is 6.61. The van der Waals surface area contributed by atoms with Gasteiger partial charge in [0.05, 0.1) is 13.7 Å². The molecule has 2 aromatic carbocycles. The second kappa shape index (κ2) is 11.2. The Labute approximate surface area is 164 Å². The van der Waals surface area contributed by atoms with Crippen LogP contribution in [0.4, 0.5) is 0 Å². The Bertz CT molecular complexity index is 868. The first-order valence-corrected chi connectivity index (χ1v) is 8.75. The highest BCUT2D eigenvalue weighted by Crippen LogP contribution is 2.28. The van der Waals surface area contributed by atoms with Crippen LogP contribution in [0.5, 0.6) is 11.5 Å². The number of nitriles is 1. The highest BCUT2D eigenvalue weighted by atomic mass is 16.5. The van der Waals surface area contributed by atoms with E-state index in [1.165, 1.54) is 13.2 Å². The molecule has 0 aliphatic heterocycles. The van der Waals surface area contributed by atoms with Gasteiger partial charge < -0.3 is 14.2 Å². The van der Waals surface area contributed by atoms with Crippen LogP contribution in [0.1, 0.15) is 28.8 Å². The van der Waals surface area contributed by atoms with E-state index in [-0.39, 0.29) is 19.0 Å². The molecule has 0 amide bonds. The minimum atomic E-state index is -0.490. The van der Waals surface area contributed by atoms with Crippen molar-refractivity contribution in [1.29, 1.82) is 5.26 Å². The molecule has 0 radical (unpaired) electrons. The molecule has 28 heavy (non-hydrogen) atoms. The number of ether oxygens (including phenoxy) is 3. The van der Waals surface area contributed by atoms with Gasteiger partial charge in [0.1, 0.15) is 6.07 Å². The van der Waals surface area contributed by atoms with Crippen LogP contribution in [-0.2, 0) is 9.53 Å². The molecule has 0 bridgehead atoms. The van der Waals surface area contributed by atoms with Gasteiger partial charge in [0, 0.05) is 18.1 Å². The van der Waals surface area contributed by atoms with E-state index in [1.54, 1.807) is 36.4 Å². The van der Waals surface area contributed by atoms with E-state index in [9.17, 15) is 9.59 Å². The lowest BCUT2D eigenvalue weighted by molar-refractivity contribution is -0.137. The smallest absolute Gasteiger partial charge is 0.330 e. The second-order valence-corrected chi connectivity index (χ2v) is 5.75. The lowest BCUT2D eigenvalue weighted by Gasteiger charge is -2.08. The number of esters is 1. The monoisotopic (exact) mass is 379 g/mol. The van der Waals surface area contributed by atoms with Crippen LogP contribution < -0.4 is 9.47 Å². The second-order valence-electron chi connectivity index (χ2n) is 5.75. The van der Waals surface area contributed by atoms with Crippen LogP contribution >= 0.6 is 0 Å². The summed E-state index contributed by atoms with van der Waals surface area (Å²) in [5, 5.41) is 8.57. The normalized spacial score (nSPS) is 10.3. The zero-order chi connectivity index (χ0) is 20.2. The maximum Gasteiger partial charge on any atom is 0.330 e. The Morgan fingerprint density at radius 1 is 1.11 bits per heavy atom. The largest absolute Gasteiger partial charge is 0.493 e. The van der Waals surface area contributed by atoms with Gasteiger partial charge in [-0.3, -0.25) is 4.79 Å². The highest BCUT2D eigenvalue weighted by molar-refractivity contribution is 5.96. The summed E-state index contributed by atoms with van der Waals surface area (Å²) in [6.07, 6.45) is 3.69. The molecule has 2 aromatic rings. The van der Waals surface area contributed by atoms with E-state index in [0.29, 0.717) is 29.9 Å². The molecule has 0 unspecified atom stereocenters. The fraction of sp³-hybridized carbons (Fsp3) is 0.227. The average Bonchev–Trinajstić information content (AvgIpc) is 2.74. The molecule has 0 aliphatic rings. The molecule has 0 heterocycles. The molecule has 0 spiro atoms. The molecule has 2 rings (SSSR count). The summed E-state index contributed by atoms with van der Waals surface area (Å²) in [5.74, 6) is 0.450. The molecule has 0 aliphatic carbocycles. The number of ketones is 1. The van der Waals surface area contributed by atoms with Crippen molar-refractivity contribution in [1.82, 2.24) is 0 Å². The van der Waals surface area contributed by atoms with Crippen LogP contribution in [0.3, 0.4) is 0 Å². The molecule has 0 saturated heterocycles. The van der Waals surface area contributed by atoms with Crippen molar-refractivity contribution in [2.45, 2.75) is 12.8 Å². The summed E-state index contributed by atoms with van der Waals surface area (Å²) in [4.78, 5) is 23.8. The molecular weight excluding hydrogens is 358 g/mol. The van der Waals surface area contributed by atoms with Crippen LogP contribution in [0.15, 0.2) is 54.6 Å². The number of nitrogens with zero attached hydrogens (tertiary/aromatic N) is 1. The Hall–Kier alpha value is -3.59. The topological polar surface area (TPSA) is 85.6 Å². The number of Topliss-reactive ketones (excluding diaryl/α,β-unsaturated/α-hetero) is 1. The van der Waals surface area contributed by atoms with Crippen molar-refractivity contribution in [2.75, 3.05) is 20.3 Å². The molecule has 6 nitrogen and oxygen atoms in total. The van der Waals surface area contributed by atoms with Gasteiger partial charge in [-0.15, -0.1) is 0 Å². The Balaban J connectivity index is 1.78. The fourth-order valence-corrected chi connectivity index (χ4v) is 2.40. The van der Waals surface area contributed by atoms with Crippen LogP contribution in [0.2, 0.25) is 0 Å². The molecule has 0 saturated carbocycles. The number of hydrogen-bond acceptors (Lipinski definition) is 6. The summed E-state index contributed by atoms with van der Waals surface area (Å²) < 4.78 is 15.6. The summed E-state index contributed by atoms with van der Waals surface area (Å²) in [5.41, 5.74) is 1.38. The quantitative estimate of drug-likeness (QED) is 0.270. The number of carbonyl (C=O) groups is 2. The van der Waals surface area contributed by atoms with Gasteiger partial charge in [-0.1, -0.05) is 36.4 Å². The maximum atomic E-state index is 12.0. The maximum absolute atomic E-state index is 12.0. The number of benzene rings is 2. The van der Waals surface area contributed by atoms with Gasteiger partial charge in [0.25, 0.3) is 0 Å². The van der Waals surface area contributed by atoms with Crippen LogP contribution in [-0.4, -0.2) is 32.1 Å².